The second-order valence-electron chi connectivity index (χ2n) is 8.30. The lowest BCUT2D eigenvalue weighted by Crippen LogP contribution is -2.42. The van der Waals surface area contributed by atoms with Gasteiger partial charge in [-0.05, 0) is 67.0 Å². The molecule has 0 unspecified atom stereocenters. The van der Waals surface area contributed by atoms with Crippen molar-refractivity contribution in [2.24, 2.45) is 5.41 Å². The van der Waals surface area contributed by atoms with Crippen LogP contribution in [0.4, 0.5) is 10.5 Å². The predicted octanol–water partition coefficient (Wildman–Crippen LogP) is 3.75. The molecule has 1 spiro atoms. The van der Waals surface area contributed by atoms with Crippen molar-refractivity contribution in [2.45, 2.75) is 50.0 Å². The number of hydrogen-bond donors (Lipinski definition) is 2. The number of sulfonamides is 1. The molecule has 1 saturated heterocycles. The van der Waals surface area contributed by atoms with E-state index in [1.165, 1.54) is 25.7 Å². The molecule has 1 aromatic carbocycles. The van der Waals surface area contributed by atoms with Crippen molar-refractivity contribution >= 4 is 21.7 Å². The maximum absolute atomic E-state index is 13.0. The molecule has 1 saturated carbocycles. The molecule has 2 heterocycles. The Balaban J connectivity index is 1.32. The van der Waals surface area contributed by atoms with E-state index >= 15 is 0 Å². The van der Waals surface area contributed by atoms with Gasteiger partial charge < -0.3 is 10.6 Å². The number of nitrogens with zero attached hydrogens (tertiary/aromatic N) is 2. The van der Waals surface area contributed by atoms with Gasteiger partial charge in [-0.3, -0.25) is 4.98 Å². The van der Waals surface area contributed by atoms with Crippen LogP contribution in [0.15, 0.2) is 53.7 Å². The molecule has 160 valence electrons. The van der Waals surface area contributed by atoms with Crippen molar-refractivity contribution in [3.05, 3.63) is 54.4 Å². The fourth-order valence-corrected chi connectivity index (χ4v) is 5.99. The minimum Gasteiger partial charge on any atom is -0.334 e. The molecular weight excluding hydrogens is 400 g/mol. The van der Waals surface area contributed by atoms with Crippen molar-refractivity contribution in [2.75, 3.05) is 18.4 Å². The highest BCUT2D eigenvalue weighted by molar-refractivity contribution is 7.89. The lowest BCUT2D eigenvalue weighted by molar-refractivity contribution is 0.160. The van der Waals surface area contributed by atoms with Gasteiger partial charge in [0.2, 0.25) is 10.0 Å². The molecule has 0 atom stereocenters. The van der Waals surface area contributed by atoms with Gasteiger partial charge in [-0.1, -0.05) is 18.9 Å². The van der Waals surface area contributed by atoms with Gasteiger partial charge in [0.25, 0.3) is 0 Å². The van der Waals surface area contributed by atoms with Gasteiger partial charge in [0.15, 0.2) is 0 Å². The summed E-state index contributed by atoms with van der Waals surface area (Å²) in [5.74, 6) is 0. The minimum absolute atomic E-state index is 0.270. The van der Waals surface area contributed by atoms with E-state index in [1.54, 1.807) is 41.0 Å². The van der Waals surface area contributed by atoms with Gasteiger partial charge in [0.1, 0.15) is 0 Å². The fourth-order valence-electron chi connectivity index (χ4n) is 4.55. The average molecular weight is 429 g/mol. The first-order valence-corrected chi connectivity index (χ1v) is 11.9. The van der Waals surface area contributed by atoms with Crippen LogP contribution in [0.25, 0.3) is 0 Å². The monoisotopic (exact) mass is 428 g/mol. The second-order valence-corrected chi connectivity index (χ2v) is 10.2. The lowest BCUT2D eigenvalue weighted by Gasteiger charge is -2.38. The molecule has 1 aliphatic carbocycles. The number of anilines is 1. The SMILES string of the molecule is O=C(NCc1cccnc1)Nc1ccc(S(=O)(=O)N2CCC3(CCCC3)CC2)cc1. The predicted molar refractivity (Wildman–Crippen MR) is 115 cm³/mol. The Bertz CT molecular complexity index is 961. The van der Waals surface area contributed by atoms with Crippen molar-refractivity contribution in [3.8, 4) is 0 Å². The molecule has 2 fully saturated rings. The summed E-state index contributed by atoms with van der Waals surface area (Å²) in [6, 6.07) is 9.70. The summed E-state index contributed by atoms with van der Waals surface area (Å²) in [6.45, 7) is 1.56. The number of urea groups is 1. The molecule has 7 nitrogen and oxygen atoms in total. The van der Waals surface area contributed by atoms with Gasteiger partial charge >= 0.3 is 6.03 Å². The number of piperidine rings is 1. The first kappa shape index (κ1) is 20.8. The van der Waals surface area contributed by atoms with Crippen molar-refractivity contribution in [1.29, 1.82) is 0 Å². The normalized spacial score (nSPS) is 18.9. The summed E-state index contributed by atoms with van der Waals surface area (Å²) in [5.41, 5.74) is 1.82. The molecule has 4 rings (SSSR count). The third kappa shape index (κ3) is 4.65. The van der Waals surface area contributed by atoms with Gasteiger partial charge in [-0.25, -0.2) is 13.2 Å². The van der Waals surface area contributed by atoms with Crippen LogP contribution in [0.1, 0.15) is 44.1 Å². The Morgan fingerprint density at radius 1 is 1.03 bits per heavy atom. The molecule has 2 aliphatic rings. The zero-order valence-electron chi connectivity index (χ0n) is 17.0. The Labute approximate surface area is 177 Å². The Morgan fingerprint density at radius 2 is 1.73 bits per heavy atom. The van der Waals surface area contributed by atoms with Crippen LogP contribution in [0, 0.1) is 5.41 Å². The molecule has 2 amide bonds. The van der Waals surface area contributed by atoms with Crippen molar-refractivity contribution in [1.82, 2.24) is 14.6 Å². The van der Waals surface area contributed by atoms with E-state index in [2.05, 4.69) is 15.6 Å². The maximum atomic E-state index is 13.0. The number of carbonyl (C=O) groups excluding carboxylic acids is 1. The largest absolute Gasteiger partial charge is 0.334 e. The van der Waals surface area contributed by atoms with Gasteiger partial charge in [0, 0.05) is 37.7 Å². The number of pyridine rings is 1. The van der Waals surface area contributed by atoms with E-state index in [-0.39, 0.29) is 10.9 Å². The summed E-state index contributed by atoms with van der Waals surface area (Å²) >= 11 is 0. The standard InChI is InChI=1S/C22H28N4O3S/c27-21(24-17-18-4-3-13-23-16-18)25-19-5-7-20(8-6-19)30(28,29)26-14-11-22(12-15-26)9-1-2-10-22/h3-8,13,16H,1-2,9-12,14-15,17H2,(H2,24,25,27). The Hall–Kier alpha value is -2.45. The van der Waals surface area contributed by atoms with E-state index in [0.717, 1.165) is 18.4 Å². The highest BCUT2D eigenvalue weighted by atomic mass is 32.2. The quantitative estimate of drug-likeness (QED) is 0.759. The highest BCUT2D eigenvalue weighted by Crippen LogP contribution is 2.46. The first-order valence-electron chi connectivity index (χ1n) is 10.5. The Kier molecular flexibility index (Phi) is 6.06. The average Bonchev–Trinajstić information content (AvgIpc) is 3.21. The molecule has 1 aromatic heterocycles. The number of aromatic nitrogens is 1. The van der Waals surface area contributed by atoms with Crippen LogP contribution < -0.4 is 10.6 Å². The number of hydrogen-bond acceptors (Lipinski definition) is 4. The minimum atomic E-state index is -3.50. The fraction of sp³-hybridized carbons (Fsp3) is 0.455. The van der Waals surface area contributed by atoms with Gasteiger partial charge in [0.05, 0.1) is 4.90 Å². The Morgan fingerprint density at radius 3 is 2.37 bits per heavy atom. The summed E-state index contributed by atoms with van der Waals surface area (Å²) in [5, 5.41) is 5.48. The van der Waals surface area contributed by atoms with Crippen molar-refractivity contribution < 1.29 is 13.2 Å². The maximum Gasteiger partial charge on any atom is 0.319 e. The molecule has 2 aromatic rings. The topological polar surface area (TPSA) is 91.4 Å². The molecular formula is C22H28N4O3S. The van der Waals surface area contributed by atoms with E-state index in [4.69, 9.17) is 0 Å². The molecule has 0 radical (unpaired) electrons. The summed E-state index contributed by atoms with van der Waals surface area (Å²) in [7, 11) is -3.50. The summed E-state index contributed by atoms with van der Waals surface area (Å²) < 4.78 is 27.6. The molecule has 2 N–H and O–H groups in total. The highest BCUT2D eigenvalue weighted by Gasteiger charge is 2.40. The second kappa shape index (κ2) is 8.73. The zero-order chi connectivity index (χ0) is 21.0. The third-order valence-corrected chi connectivity index (χ3v) is 8.29. The van der Waals surface area contributed by atoms with Crippen LogP contribution in [-0.4, -0.2) is 36.8 Å². The molecule has 8 heteroatoms. The van der Waals surface area contributed by atoms with E-state index in [9.17, 15) is 13.2 Å². The van der Waals surface area contributed by atoms with E-state index < -0.39 is 10.0 Å². The lowest BCUT2D eigenvalue weighted by atomic mass is 9.78. The van der Waals surface area contributed by atoms with Crippen LogP contribution >= 0.6 is 0 Å². The number of nitrogens with one attached hydrogen (secondary N) is 2. The summed E-state index contributed by atoms with van der Waals surface area (Å²) in [6.07, 6.45) is 10.3. The molecule has 0 bridgehead atoms. The van der Waals surface area contributed by atoms with Crippen LogP contribution in [0.3, 0.4) is 0 Å². The third-order valence-electron chi connectivity index (χ3n) is 6.37. The van der Waals surface area contributed by atoms with E-state index in [1.807, 2.05) is 12.1 Å². The van der Waals surface area contributed by atoms with Gasteiger partial charge in [-0.15, -0.1) is 0 Å². The number of rotatable bonds is 5. The zero-order valence-corrected chi connectivity index (χ0v) is 17.8. The number of benzene rings is 1. The number of amides is 2. The molecule has 1 aliphatic heterocycles. The van der Waals surface area contributed by atoms with Crippen LogP contribution in [0.5, 0.6) is 0 Å². The van der Waals surface area contributed by atoms with Crippen molar-refractivity contribution in [3.63, 3.8) is 0 Å². The van der Waals surface area contributed by atoms with E-state index in [0.29, 0.717) is 30.7 Å². The first-order chi connectivity index (χ1) is 14.5. The number of carbonyl (C=O) groups is 1. The molecule has 30 heavy (non-hydrogen) atoms. The van der Waals surface area contributed by atoms with Crippen LogP contribution in [0.2, 0.25) is 0 Å². The van der Waals surface area contributed by atoms with Crippen LogP contribution in [-0.2, 0) is 16.6 Å². The van der Waals surface area contributed by atoms with Gasteiger partial charge in [-0.2, -0.15) is 4.31 Å². The summed E-state index contributed by atoms with van der Waals surface area (Å²) in [4.78, 5) is 16.3. The smallest absolute Gasteiger partial charge is 0.319 e.